The fraction of sp³-hybridized carbons (Fsp3) is 0.550. The highest BCUT2D eigenvalue weighted by Crippen LogP contribution is 2.24. The minimum Gasteiger partial charge on any atom is -0.337 e. The molecule has 1 aliphatic carbocycles. The summed E-state index contributed by atoms with van der Waals surface area (Å²) in [5.74, 6) is -0.678. The van der Waals surface area contributed by atoms with Gasteiger partial charge in [-0.2, -0.15) is 0 Å². The third-order valence-corrected chi connectivity index (χ3v) is 5.32. The molecule has 1 aliphatic heterocycles. The first-order valence-corrected chi connectivity index (χ1v) is 9.27. The van der Waals surface area contributed by atoms with Gasteiger partial charge in [0, 0.05) is 44.4 Å². The summed E-state index contributed by atoms with van der Waals surface area (Å²) in [6.45, 7) is 4.25. The summed E-state index contributed by atoms with van der Waals surface area (Å²) in [7, 11) is 0. The highest BCUT2D eigenvalue weighted by atomic mass is 19.1. The lowest BCUT2D eigenvalue weighted by Crippen LogP contribution is -2.49. The molecule has 3 nitrogen and oxygen atoms in total. The van der Waals surface area contributed by atoms with Gasteiger partial charge in [0.05, 0.1) is 0 Å². The lowest BCUT2D eigenvalue weighted by molar-refractivity contribution is -0.127. The van der Waals surface area contributed by atoms with E-state index in [9.17, 15) is 13.6 Å². The lowest BCUT2D eigenvalue weighted by Gasteiger charge is -2.36. The monoisotopic (exact) mass is 348 g/mol. The molecule has 1 saturated carbocycles. The van der Waals surface area contributed by atoms with Crippen LogP contribution in [0.4, 0.5) is 8.78 Å². The fourth-order valence-electron chi connectivity index (χ4n) is 3.82. The van der Waals surface area contributed by atoms with Gasteiger partial charge in [0.15, 0.2) is 0 Å². The summed E-state index contributed by atoms with van der Waals surface area (Å²) >= 11 is 0. The minimum atomic E-state index is -0.652. The molecule has 0 bridgehead atoms. The fourth-order valence-corrected chi connectivity index (χ4v) is 3.82. The van der Waals surface area contributed by atoms with Gasteiger partial charge in [0.2, 0.25) is 5.91 Å². The van der Waals surface area contributed by atoms with Gasteiger partial charge >= 0.3 is 0 Å². The van der Waals surface area contributed by atoms with Crippen molar-refractivity contribution in [2.75, 3.05) is 32.7 Å². The number of carbonyl (C=O) groups is 1. The Morgan fingerprint density at radius 1 is 1.04 bits per heavy atom. The molecular weight excluding hydrogens is 322 g/mol. The molecule has 3 rings (SSSR count). The molecule has 1 heterocycles. The number of rotatable bonds is 4. The van der Waals surface area contributed by atoms with Crippen molar-refractivity contribution in [3.8, 4) is 0 Å². The zero-order valence-corrected chi connectivity index (χ0v) is 14.6. The van der Waals surface area contributed by atoms with E-state index in [1.54, 1.807) is 4.90 Å². The summed E-state index contributed by atoms with van der Waals surface area (Å²) in [5.41, 5.74) is -0.160. The van der Waals surface area contributed by atoms with Crippen molar-refractivity contribution in [3.05, 3.63) is 41.5 Å². The number of piperazine rings is 1. The maximum Gasteiger partial charge on any atom is 0.246 e. The van der Waals surface area contributed by atoms with Crippen LogP contribution in [0, 0.1) is 17.6 Å². The number of hydrogen-bond acceptors (Lipinski definition) is 2. The topological polar surface area (TPSA) is 23.6 Å². The molecule has 1 aromatic carbocycles. The maximum atomic E-state index is 13.6. The van der Waals surface area contributed by atoms with Crippen LogP contribution in [0.2, 0.25) is 0 Å². The predicted octanol–water partition coefficient (Wildman–Crippen LogP) is 3.70. The summed E-state index contributed by atoms with van der Waals surface area (Å²) in [5, 5.41) is 0. The van der Waals surface area contributed by atoms with Crippen molar-refractivity contribution >= 4 is 12.0 Å². The highest BCUT2D eigenvalue weighted by molar-refractivity contribution is 5.91. The number of carbonyl (C=O) groups excluding carboxylic acids is 1. The molecular formula is C20H26F2N2O. The van der Waals surface area contributed by atoms with Crippen molar-refractivity contribution in [2.45, 2.75) is 32.1 Å². The van der Waals surface area contributed by atoms with Crippen LogP contribution in [0.3, 0.4) is 0 Å². The van der Waals surface area contributed by atoms with Crippen molar-refractivity contribution < 1.29 is 13.6 Å². The lowest BCUT2D eigenvalue weighted by atomic mass is 9.89. The molecule has 25 heavy (non-hydrogen) atoms. The van der Waals surface area contributed by atoms with E-state index in [1.165, 1.54) is 62.5 Å². The van der Waals surface area contributed by atoms with Gasteiger partial charge in [-0.05, 0) is 37.0 Å². The molecule has 0 spiro atoms. The van der Waals surface area contributed by atoms with Crippen LogP contribution in [0.1, 0.15) is 37.7 Å². The van der Waals surface area contributed by atoms with E-state index >= 15 is 0 Å². The Morgan fingerprint density at radius 2 is 1.68 bits per heavy atom. The predicted molar refractivity (Wildman–Crippen MR) is 95.0 cm³/mol. The zero-order valence-electron chi connectivity index (χ0n) is 14.6. The third-order valence-electron chi connectivity index (χ3n) is 5.32. The number of amides is 1. The van der Waals surface area contributed by atoms with Gasteiger partial charge in [0.25, 0.3) is 0 Å². The van der Waals surface area contributed by atoms with Crippen LogP contribution in [0.25, 0.3) is 6.08 Å². The van der Waals surface area contributed by atoms with Crippen LogP contribution in [0.5, 0.6) is 0 Å². The van der Waals surface area contributed by atoms with E-state index in [4.69, 9.17) is 0 Å². The smallest absolute Gasteiger partial charge is 0.246 e. The number of nitrogens with zero attached hydrogens (tertiary/aromatic N) is 2. The van der Waals surface area contributed by atoms with Crippen molar-refractivity contribution in [3.63, 3.8) is 0 Å². The first-order chi connectivity index (χ1) is 12.1. The third kappa shape index (κ3) is 4.88. The van der Waals surface area contributed by atoms with Gasteiger partial charge in [-0.1, -0.05) is 25.3 Å². The van der Waals surface area contributed by atoms with Crippen LogP contribution in [-0.4, -0.2) is 48.4 Å². The van der Waals surface area contributed by atoms with Gasteiger partial charge < -0.3 is 4.90 Å². The average molecular weight is 348 g/mol. The Balaban J connectivity index is 1.49. The van der Waals surface area contributed by atoms with Crippen LogP contribution in [-0.2, 0) is 4.79 Å². The molecule has 1 amide bonds. The second-order valence-corrected chi connectivity index (χ2v) is 7.10. The largest absolute Gasteiger partial charge is 0.337 e. The van der Waals surface area contributed by atoms with Gasteiger partial charge in [-0.3, -0.25) is 9.69 Å². The van der Waals surface area contributed by atoms with Crippen molar-refractivity contribution in [1.82, 2.24) is 9.80 Å². The molecule has 136 valence electrons. The molecule has 0 aromatic heterocycles. The Morgan fingerprint density at radius 3 is 2.32 bits per heavy atom. The molecule has 0 atom stereocenters. The van der Waals surface area contributed by atoms with E-state index in [0.29, 0.717) is 13.1 Å². The Labute approximate surface area is 148 Å². The summed E-state index contributed by atoms with van der Waals surface area (Å²) < 4.78 is 27.2. The molecule has 1 aromatic rings. The van der Waals surface area contributed by atoms with E-state index in [-0.39, 0.29) is 11.5 Å². The summed E-state index contributed by atoms with van der Waals surface area (Å²) in [6, 6.07) is 3.70. The number of halogens is 2. The van der Waals surface area contributed by atoms with Gasteiger partial charge in [-0.25, -0.2) is 8.78 Å². The first kappa shape index (κ1) is 18.1. The minimum absolute atomic E-state index is 0.160. The molecule has 0 radical (unpaired) electrons. The summed E-state index contributed by atoms with van der Waals surface area (Å²) in [4.78, 5) is 16.5. The molecule has 0 N–H and O–H groups in total. The molecule has 2 aliphatic rings. The average Bonchev–Trinajstić information content (AvgIpc) is 2.62. The highest BCUT2D eigenvalue weighted by Gasteiger charge is 2.23. The second kappa shape index (κ2) is 8.56. The van der Waals surface area contributed by atoms with E-state index in [1.807, 2.05) is 0 Å². The molecule has 2 fully saturated rings. The van der Waals surface area contributed by atoms with Gasteiger partial charge in [0.1, 0.15) is 11.6 Å². The first-order valence-electron chi connectivity index (χ1n) is 9.27. The maximum absolute atomic E-state index is 13.6. The normalized spacial score (nSPS) is 20.3. The standard InChI is InChI=1S/C20H26F2N2O/c21-18-7-4-8-19(22)17(18)9-10-20(25)24-13-11-23(12-14-24)15-16-5-2-1-3-6-16/h4,7-10,16H,1-3,5-6,11-15H2/b10-9+. The molecule has 1 saturated heterocycles. The quantitative estimate of drug-likeness (QED) is 0.775. The van der Waals surface area contributed by atoms with Crippen LogP contribution >= 0.6 is 0 Å². The van der Waals surface area contributed by atoms with Gasteiger partial charge in [-0.15, -0.1) is 0 Å². The van der Waals surface area contributed by atoms with Crippen LogP contribution in [0.15, 0.2) is 24.3 Å². The van der Waals surface area contributed by atoms with Crippen molar-refractivity contribution in [1.29, 1.82) is 0 Å². The van der Waals surface area contributed by atoms with Crippen molar-refractivity contribution in [2.24, 2.45) is 5.92 Å². The second-order valence-electron chi connectivity index (χ2n) is 7.10. The number of benzene rings is 1. The molecule has 5 heteroatoms. The SMILES string of the molecule is O=C(/C=C/c1c(F)cccc1F)N1CCN(CC2CCCCC2)CC1. The zero-order chi connectivity index (χ0) is 17.6. The number of hydrogen-bond donors (Lipinski definition) is 0. The van der Waals surface area contributed by atoms with E-state index in [0.717, 1.165) is 25.6 Å². The summed E-state index contributed by atoms with van der Waals surface area (Å²) in [6.07, 6.45) is 9.24. The Kier molecular flexibility index (Phi) is 6.19. The van der Waals surface area contributed by atoms with E-state index in [2.05, 4.69) is 4.90 Å². The van der Waals surface area contributed by atoms with Crippen LogP contribution < -0.4 is 0 Å². The molecule has 0 unspecified atom stereocenters. The Hall–Kier alpha value is -1.75. The Bertz CT molecular complexity index is 598. The van der Waals surface area contributed by atoms with E-state index < -0.39 is 11.6 Å².